The lowest BCUT2D eigenvalue weighted by Crippen LogP contribution is -1.91. The van der Waals surface area contributed by atoms with Crippen LogP contribution in [-0.4, -0.2) is 34.4 Å². The van der Waals surface area contributed by atoms with Crippen LogP contribution in [0, 0.1) is 0 Å². The average molecular weight is 328 g/mol. The summed E-state index contributed by atoms with van der Waals surface area (Å²) < 4.78 is 10.5. The minimum absolute atomic E-state index is 0.620. The molecule has 3 aromatic rings. The molecule has 0 amide bonds. The Bertz CT molecular complexity index is 777. The zero-order chi connectivity index (χ0) is 16.1. The van der Waals surface area contributed by atoms with Crippen molar-refractivity contribution in [2.75, 3.05) is 14.2 Å². The van der Waals surface area contributed by atoms with Crippen LogP contribution in [0.25, 0.3) is 11.4 Å². The Morgan fingerprint density at radius 3 is 2.70 bits per heavy atom. The van der Waals surface area contributed by atoms with Crippen LogP contribution in [-0.2, 0) is 5.75 Å². The average Bonchev–Trinajstić information content (AvgIpc) is 3.09. The van der Waals surface area contributed by atoms with E-state index in [0.717, 1.165) is 22.2 Å². The minimum Gasteiger partial charge on any atom is -0.493 e. The number of methoxy groups -OCH3 is 2. The molecular weight excluding hydrogens is 312 g/mol. The van der Waals surface area contributed by atoms with Crippen molar-refractivity contribution < 1.29 is 9.47 Å². The Morgan fingerprint density at radius 1 is 1.09 bits per heavy atom. The third-order valence-corrected chi connectivity index (χ3v) is 4.09. The molecule has 0 atom stereocenters. The second kappa shape index (κ2) is 7.15. The lowest BCUT2D eigenvalue weighted by atomic mass is 10.2. The van der Waals surface area contributed by atoms with Gasteiger partial charge in [0.25, 0.3) is 0 Å². The van der Waals surface area contributed by atoms with Crippen LogP contribution in [0.3, 0.4) is 0 Å². The van der Waals surface area contributed by atoms with E-state index in [0.29, 0.717) is 17.3 Å². The summed E-state index contributed by atoms with van der Waals surface area (Å²) in [7, 11) is 3.21. The topological polar surface area (TPSA) is 72.9 Å². The summed E-state index contributed by atoms with van der Waals surface area (Å²) in [5.41, 5.74) is 1.87. The molecule has 0 aliphatic carbocycles. The first-order valence-corrected chi connectivity index (χ1v) is 7.96. The molecule has 0 saturated heterocycles. The Balaban J connectivity index is 1.74. The predicted molar refractivity (Wildman–Crippen MR) is 88.7 cm³/mol. The molecule has 118 valence electrons. The van der Waals surface area contributed by atoms with Crippen molar-refractivity contribution in [3.05, 3.63) is 48.3 Å². The van der Waals surface area contributed by atoms with Gasteiger partial charge in [-0.1, -0.05) is 17.8 Å². The minimum atomic E-state index is 0.620. The molecule has 0 aliphatic rings. The van der Waals surface area contributed by atoms with Crippen LogP contribution in [0.4, 0.5) is 0 Å². The van der Waals surface area contributed by atoms with E-state index in [9.17, 15) is 0 Å². The van der Waals surface area contributed by atoms with Gasteiger partial charge in [-0.25, -0.2) is 4.98 Å². The molecular formula is C16H16N4O2S. The standard InChI is InChI=1S/C16H16N4O2S/c1-21-13-7-6-11(9-14(13)22-2)15-18-16(20-19-15)23-10-12-5-3-4-8-17-12/h3-9H,10H2,1-2H3,(H,18,19,20). The number of benzene rings is 1. The van der Waals surface area contributed by atoms with Crippen LogP contribution < -0.4 is 9.47 Å². The summed E-state index contributed by atoms with van der Waals surface area (Å²) in [6.45, 7) is 0. The van der Waals surface area contributed by atoms with Crippen molar-refractivity contribution in [3.8, 4) is 22.9 Å². The largest absolute Gasteiger partial charge is 0.493 e. The highest BCUT2D eigenvalue weighted by molar-refractivity contribution is 7.98. The molecule has 2 heterocycles. The first kappa shape index (κ1) is 15.4. The lowest BCUT2D eigenvalue weighted by Gasteiger charge is -2.07. The number of rotatable bonds is 6. The third-order valence-electron chi connectivity index (χ3n) is 3.19. The monoisotopic (exact) mass is 328 g/mol. The number of thioether (sulfide) groups is 1. The van der Waals surface area contributed by atoms with Crippen LogP contribution in [0.5, 0.6) is 11.5 Å². The zero-order valence-corrected chi connectivity index (χ0v) is 13.6. The maximum absolute atomic E-state index is 5.31. The summed E-state index contributed by atoms with van der Waals surface area (Å²) in [6, 6.07) is 11.5. The van der Waals surface area contributed by atoms with Crippen LogP contribution in [0.1, 0.15) is 5.69 Å². The fraction of sp³-hybridized carbons (Fsp3) is 0.188. The first-order chi connectivity index (χ1) is 11.3. The number of aromatic nitrogens is 4. The van der Waals surface area contributed by atoms with Crippen molar-refractivity contribution in [3.63, 3.8) is 0 Å². The van der Waals surface area contributed by atoms with E-state index in [1.165, 1.54) is 0 Å². The smallest absolute Gasteiger partial charge is 0.184 e. The molecule has 0 aliphatic heterocycles. The molecule has 0 radical (unpaired) electrons. The lowest BCUT2D eigenvalue weighted by molar-refractivity contribution is 0.355. The number of pyridine rings is 1. The van der Waals surface area contributed by atoms with Crippen molar-refractivity contribution in [1.29, 1.82) is 0 Å². The predicted octanol–water partition coefficient (Wildman–Crippen LogP) is 3.18. The second-order valence-corrected chi connectivity index (χ2v) is 5.61. The van der Waals surface area contributed by atoms with Gasteiger partial charge < -0.3 is 9.47 Å². The van der Waals surface area contributed by atoms with Gasteiger partial charge in [-0.05, 0) is 30.3 Å². The van der Waals surface area contributed by atoms with Gasteiger partial charge in [-0.2, -0.15) is 5.10 Å². The number of aromatic amines is 1. The van der Waals surface area contributed by atoms with Crippen LogP contribution >= 0.6 is 11.8 Å². The van der Waals surface area contributed by atoms with E-state index in [-0.39, 0.29) is 0 Å². The number of hydrogen-bond acceptors (Lipinski definition) is 6. The number of nitrogens with zero attached hydrogens (tertiary/aromatic N) is 3. The van der Waals surface area contributed by atoms with Crippen molar-refractivity contribution in [2.24, 2.45) is 0 Å². The maximum atomic E-state index is 5.31. The van der Waals surface area contributed by atoms with E-state index in [1.807, 2.05) is 36.4 Å². The number of hydrogen-bond donors (Lipinski definition) is 1. The Labute approximate surface area is 138 Å². The molecule has 2 aromatic heterocycles. The Kier molecular flexibility index (Phi) is 4.77. The summed E-state index contributed by atoms with van der Waals surface area (Å²) in [4.78, 5) is 8.79. The molecule has 0 fully saturated rings. The molecule has 6 nitrogen and oxygen atoms in total. The SMILES string of the molecule is COc1ccc(-c2n[nH]c(SCc3ccccn3)n2)cc1OC. The molecule has 0 spiro atoms. The van der Waals surface area contributed by atoms with Gasteiger partial charge in [-0.15, -0.1) is 0 Å². The highest BCUT2D eigenvalue weighted by Gasteiger charge is 2.11. The van der Waals surface area contributed by atoms with Gasteiger partial charge in [-0.3, -0.25) is 10.1 Å². The van der Waals surface area contributed by atoms with Gasteiger partial charge in [0, 0.05) is 17.5 Å². The van der Waals surface area contributed by atoms with Crippen molar-refractivity contribution in [1.82, 2.24) is 20.2 Å². The van der Waals surface area contributed by atoms with Crippen LogP contribution in [0.15, 0.2) is 47.8 Å². The molecule has 0 bridgehead atoms. The van der Waals surface area contributed by atoms with Crippen LogP contribution in [0.2, 0.25) is 0 Å². The van der Waals surface area contributed by atoms with Gasteiger partial charge >= 0.3 is 0 Å². The summed E-state index contributed by atoms with van der Waals surface area (Å²) in [5.74, 6) is 2.69. The Hall–Kier alpha value is -2.54. The van der Waals surface area contributed by atoms with E-state index < -0.39 is 0 Å². The highest BCUT2D eigenvalue weighted by Crippen LogP contribution is 2.31. The van der Waals surface area contributed by atoms with E-state index in [2.05, 4.69) is 20.2 Å². The summed E-state index contributed by atoms with van der Waals surface area (Å²) >= 11 is 1.56. The normalized spacial score (nSPS) is 10.5. The number of nitrogens with one attached hydrogen (secondary N) is 1. The van der Waals surface area contributed by atoms with Gasteiger partial charge in [0.2, 0.25) is 0 Å². The third kappa shape index (κ3) is 3.62. The number of H-pyrrole nitrogens is 1. The van der Waals surface area contributed by atoms with Crippen molar-refractivity contribution >= 4 is 11.8 Å². The van der Waals surface area contributed by atoms with Gasteiger partial charge in [0.1, 0.15) is 0 Å². The van der Waals surface area contributed by atoms with Crippen molar-refractivity contribution in [2.45, 2.75) is 10.9 Å². The molecule has 3 rings (SSSR count). The molecule has 0 unspecified atom stereocenters. The Morgan fingerprint density at radius 2 is 1.96 bits per heavy atom. The summed E-state index contributed by atoms with van der Waals surface area (Å²) in [6.07, 6.45) is 1.78. The first-order valence-electron chi connectivity index (χ1n) is 6.97. The molecule has 23 heavy (non-hydrogen) atoms. The fourth-order valence-corrected chi connectivity index (χ4v) is 2.76. The molecule has 1 N–H and O–H groups in total. The molecule has 1 aromatic carbocycles. The highest BCUT2D eigenvalue weighted by atomic mass is 32.2. The van der Waals surface area contributed by atoms with E-state index in [1.54, 1.807) is 32.2 Å². The van der Waals surface area contributed by atoms with E-state index >= 15 is 0 Å². The quantitative estimate of drug-likeness (QED) is 0.701. The molecule has 0 saturated carbocycles. The fourth-order valence-electron chi connectivity index (χ4n) is 2.04. The molecule has 7 heteroatoms. The summed E-state index contributed by atoms with van der Waals surface area (Å²) in [5, 5.41) is 7.95. The number of ether oxygens (including phenoxy) is 2. The second-order valence-electron chi connectivity index (χ2n) is 4.64. The van der Waals surface area contributed by atoms with Gasteiger partial charge in [0.05, 0.1) is 19.9 Å². The zero-order valence-electron chi connectivity index (χ0n) is 12.8. The van der Waals surface area contributed by atoms with E-state index in [4.69, 9.17) is 9.47 Å². The maximum Gasteiger partial charge on any atom is 0.184 e. The van der Waals surface area contributed by atoms with Gasteiger partial charge in [0.15, 0.2) is 22.5 Å².